The number of rotatable bonds is 18. The average Bonchev–Trinajstić information content (AvgIpc) is 1.81. The summed E-state index contributed by atoms with van der Waals surface area (Å²) in [5.74, 6) is 0. The molecule has 434 valence electrons. The largest absolute Gasteiger partial charge is 0.355 e. The van der Waals surface area contributed by atoms with Gasteiger partial charge in [0.05, 0.1) is 0 Å². The van der Waals surface area contributed by atoms with Crippen molar-refractivity contribution in [3.05, 3.63) is 376 Å². The van der Waals surface area contributed by atoms with E-state index in [1.807, 2.05) is 0 Å². The van der Waals surface area contributed by atoms with E-state index in [0.717, 1.165) is 124 Å². The van der Waals surface area contributed by atoms with E-state index in [9.17, 15) is 0 Å². The Labute approximate surface area is 531 Å². The van der Waals surface area contributed by atoms with Crippen LogP contribution in [0.1, 0.15) is 0 Å². The second kappa shape index (κ2) is 25.2. The van der Waals surface area contributed by atoms with Crippen molar-refractivity contribution in [1.29, 1.82) is 0 Å². The molecule has 0 aliphatic heterocycles. The number of aromatic nitrogens is 1. The SMILES string of the molecule is c1ccc(N(c2ccccc2)c2ccc(N(c3ccc(N(c4ccccc4)c4ccccc4)cc3)c3ccc4[nH]c5ccc(N(c6ccc(N(c7ccccc7)c7ccccc7)cc6)c6ccc(N(c7ccccc7)c7ccccc7)cc6)cc5c4c3)cc2)cc1. The lowest BCUT2D eigenvalue weighted by Gasteiger charge is -2.29. The highest BCUT2D eigenvalue weighted by atomic mass is 15.2. The van der Waals surface area contributed by atoms with Crippen molar-refractivity contribution in [3.63, 3.8) is 0 Å². The first-order valence-corrected chi connectivity index (χ1v) is 30.8. The number of aromatic amines is 1. The van der Waals surface area contributed by atoms with Gasteiger partial charge in [0.25, 0.3) is 0 Å². The van der Waals surface area contributed by atoms with Crippen LogP contribution in [0.25, 0.3) is 21.8 Å². The van der Waals surface area contributed by atoms with Gasteiger partial charge in [-0.25, -0.2) is 0 Å². The van der Waals surface area contributed by atoms with Gasteiger partial charge in [-0.3, -0.25) is 0 Å². The average molecular weight is 1170 g/mol. The fourth-order valence-corrected chi connectivity index (χ4v) is 12.5. The Morgan fingerprint density at radius 2 is 0.264 bits per heavy atom. The predicted molar refractivity (Wildman–Crippen MR) is 384 cm³/mol. The highest BCUT2D eigenvalue weighted by molar-refractivity contribution is 6.10. The van der Waals surface area contributed by atoms with E-state index in [4.69, 9.17) is 0 Å². The van der Waals surface area contributed by atoms with Crippen molar-refractivity contribution < 1.29 is 0 Å². The number of para-hydroxylation sites is 8. The van der Waals surface area contributed by atoms with Crippen molar-refractivity contribution in [2.45, 2.75) is 0 Å². The van der Waals surface area contributed by atoms with Crippen LogP contribution in [0, 0.1) is 0 Å². The molecule has 7 nitrogen and oxygen atoms in total. The number of benzene rings is 14. The minimum absolute atomic E-state index is 1.02. The highest BCUT2D eigenvalue weighted by Crippen LogP contribution is 2.46. The second-order valence-electron chi connectivity index (χ2n) is 22.3. The summed E-state index contributed by atoms with van der Waals surface area (Å²) in [5, 5.41) is 2.22. The Bertz CT molecular complexity index is 4110. The van der Waals surface area contributed by atoms with E-state index in [2.05, 4.69) is 410 Å². The van der Waals surface area contributed by atoms with Gasteiger partial charge in [-0.1, -0.05) is 146 Å². The Hall–Kier alpha value is -12.3. The number of H-pyrrole nitrogens is 1. The number of fused-ring (bicyclic) bond motifs is 3. The van der Waals surface area contributed by atoms with Crippen LogP contribution in [-0.4, -0.2) is 4.98 Å². The maximum atomic E-state index is 3.81. The van der Waals surface area contributed by atoms with E-state index >= 15 is 0 Å². The normalized spacial score (nSPS) is 11.1. The Morgan fingerprint density at radius 1 is 0.132 bits per heavy atom. The number of hydrogen-bond donors (Lipinski definition) is 1. The van der Waals surface area contributed by atoms with Gasteiger partial charge in [-0.05, 0) is 231 Å². The molecule has 0 unspecified atom stereocenters. The van der Waals surface area contributed by atoms with Gasteiger partial charge >= 0.3 is 0 Å². The van der Waals surface area contributed by atoms with E-state index in [-0.39, 0.29) is 0 Å². The minimum Gasteiger partial charge on any atom is -0.355 e. The van der Waals surface area contributed by atoms with Crippen LogP contribution in [-0.2, 0) is 0 Å². The van der Waals surface area contributed by atoms with Crippen LogP contribution in [0.5, 0.6) is 0 Å². The van der Waals surface area contributed by atoms with E-state index in [0.29, 0.717) is 0 Å². The summed E-state index contributed by atoms with van der Waals surface area (Å²) in [5.41, 5.74) is 21.1. The summed E-state index contributed by atoms with van der Waals surface area (Å²) in [4.78, 5) is 17.8. The van der Waals surface area contributed by atoms with Gasteiger partial charge in [0, 0.05) is 124 Å². The standard InChI is InChI=1S/C84H63N7/c1-9-25-63(26-10-1)86(64-27-11-2-12-28-64)71-41-49-75(50-42-71)90(76-51-43-72(44-52-76)87(65-29-13-3-14-30-65)66-31-15-4-16-32-66)79-57-59-83-81(61-79)82-62-80(58-60-84(82)85-83)91(77-53-45-73(46-54-77)88(67-33-17-5-18-34-67)68-35-19-6-20-36-68)78-55-47-74(48-56-78)89(69-37-21-7-22-38-69)70-39-23-8-24-40-70/h1-62,85H. The van der Waals surface area contributed by atoms with Gasteiger partial charge in [-0.2, -0.15) is 0 Å². The number of nitrogens with one attached hydrogen (secondary N) is 1. The summed E-state index contributed by atoms with van der Waals surface area (Å²) in [7, 11) is 0. The van der Waals surface area contributed by atoms with Gasteiger partial charge in [0.2, 0.25) is 0 Å². The van der Waals surface area contributed by atoms with Crippen molar-refractivity contribution in [1.82, 2.24) is 4.98 Å². The number of hydrogen-bond acceptors (Lipinski definition) is 6. The molecule has 7 heteroatoms. The van der Waals surface area contributed by atoms with E-state index < -0.39 is 0 Å². The fourth-order valence-electron chi connectivity index (χ4n) is 12.5. The molecule has 0 aliphatic rings. The molecule has 0 spiro atoms. The topological polar surface area (TPSA) is 35.2 Å². The van der Waals surface area contributed by atoms with Crippen molar-refractivity contribution in [3.8, 4) is 0 Å². The Balaban J connectivity index is 0.856. The van der Waals surface area contributed by atoms with Gasteiger partial charge < -0.3 is 34.4 Å². The molecule has 0 atom stereocenters. The molecule has 0 saturated heterocycles. The lowest BCUT2D eigenvalue weighted by molar-refractivity contribution is 1.25. The quantitative estimate of drug-likeness (QED) is 0.0922. The number of nitrogens with zero attached hydrogens (tertiary/aromatic N) is 6. The zero-order valence-corrected chi connectivity index (χ0v) is 50.0. The van der Waals surface area contributed by atoms with Gasteiger partial charge in [-0.15, -0.1) is 0 Å². The maximum Gasteiger partial charge on any atom is 0.0469 e. The molecule has 0 saturated carbocycles. The molecule has 0 fully saturated rings. The molecule has 91 heavy (non-hydrogen) atoms. The van der Waals surface area contributed by atoms with Crippen LogP contribution < -0.4 is 29.4 Å². The molecule has 15 rings (SSSR count). The third-order valence-corrected chi connectivity index (χ3v) is 16.7. The number of anilines is 18. The fraction of sp³-hybridized carbons (Fsp3) is 0. The third-order valence-electron chi connectivity index (χ3n) is 16.7. The van der Waals surface area contributed by atoms with Crippen molar-refractivity contribution in [2.24, 2.45) is 0 Å². The molecular formula is C84H63N7. The first-order chi connectivity index (χ1) is 45.1. The lowest BCUT2D eigenvalue weighted by Crippen LogP contribution is -2.13. The maximum absolute atomic E-state index is 3.81. The van der Waals surface area contributed by atoms with E-state index in [1.54, 1.807) is 0 Å². The summed E-state index contributed by atoms with van der Waals surface area (Å²) in [6.07, 6.45) is 0. The monoisotopic (exact) mass is 1170 g/mol. The summed E-state index contributed by atoms with van der Waals surface area (Å²) >= 11 is 0. The Kier molecular flexibility index (Phi) is 15.3. The summed E-state index contributed by atoms with van der Waals surface area (Å²) in [6.45, 7) is 0. The van der Waals surface area contributed by atoms with Gasteiger partial charge in [0.1, 0.15) is 0 Å². The molecule has 15 aromatic rings. The molecule has 1 heterocycles. The minimum atomic E-state index is 1.02. The zero-order chi connectivity index (χ0) is 60.7. The lowest BCUT2D eigenvalue weighted by atomic mass is 10.1. The van der Waals surface area contributed by atoms with E-state index in [1.165, 1.54) is 0 Å². The molecule has 0 radical (unpaired) electrons. The summed E-state index contributed by atoms with van der Waals surface area (Å²) < 4.78 is 0. The smallest absolute Gasteiger partial charge is 0.0469 e. The second-order valence-corrected chi connectivity index (χ2v) is 22.3. The predicted octanol–water partition coefficient (Wildman–Crippen LogP) is 24.1. The molecule has 1 aromatic heterocycles. The molecule has 0 aliphatic carbocycles. The third kappa shape index (κ3) is 11.4. The van der Waals surface area contributed by atoms with Crippen molar-refractivity contribution >= 4 is 124 Å². The van der Waals surface area contributed by atoms with Crippen LogP contribution in [0.4, 0.5) is 102 Å². The molecule has 1 N–H and O–H groups in total. The van der Waals surface area contributed by atoms with Gasteiger partial charge in [0.15, 0.2) is 0 Å². The van der Waals surface area contributed by atoms with Crippen LogP contribution in [0.3, 0.4) is 0 Å². The Morgan fingerprint density at radius 3 is 0.429 bits per heavy atom. The zero-order valence-electron chi connectivity index (χ0n) is 50.0. The molecule has 0 amide bonds. The first kappa shape index (κ1) is 55.3. The molecule has 0 bridgehead atoms. The van der Waals surface area contributed by atoms with Crippen LogP contribution >= 0.6 is 0 Å². The van der Waals surface area contributed by atoms with Crippen LogP contribution in [0.15, 0.2) is 376 Å². The molecular weight excluding hydrogens is 1110 g/mol. The highest BCUT2D eigenvalue weighted by Gasteiger charge is 2.22. The summed E-state index contributed by atoms with van der Waals surface area (Å²) in [6, 6.07) is 134. The van der Waals surface area contributed by atoms with Crippen molar-refractivity contribution in [2.75, 3.05) is 29.4 Å². The molecule has 14 aromatic carbocycles. The van der Waals surface area contributed by atoms with Crippen LogP contribution in [0.2, 0.25) is 0 Å². The first-order valence-electron chi connectivity index (χ1n) is 30.8.